The number of nitrogens with zero attached hydrogens (tertiary/aromatic N) is 3. The Balaban J connectivity index is 1.83. The van der Waals surface area contributed by atoms with Gasteiger partial charge in [0.05, 0.1) is 31.2 Å². The molecule has 0 saturated carbocycles. The van der Waals surface area contributed by atoms with Crippen molar-refractivity contribution in [2.75, 3.05) is 26.9 Å². The van der Waals surface area contributed by atoms with Gasteiger partial charge in [-0.3, -0.25) is 0 Å². The number of methoxy groups -OCH3 is 1. The molecule has 2 heterocycles. The number of hydrogen-bond acceptors (Lipinski definition) is 6. The van der Waals surface area contributed by atoms with Crippen LogP contribution in [0.15, 0.2) is 48.7 Å². The summed E-state index contributed by atoms with van der Waals surface area (Å²) in [5.41, 5.74) is 6.95. The second kappa shape index (κ2) is 10.2. The molecule has 0 unspecified atom stereocenters. The minimum Gasteiger partial charge on any atom is -0.492 e. The van der Waals surface area contributed by atoms with E-state index in [0.717, 1.165) is 5.56 Å². The summed E-state index contributed by atoms with van der Waals surface area (Å²) in [6.45, 7) is -0.230. The molecule has 31 heavy (non-hydrogen) atoms. The minimum atomic E-state index is -2.61. The van der Waals surface area contributed by atoms with Crippen LogP contribution in [-0.4, -0.2) is 54.1 Å². The molecule has 0 saturated heterocycles. The van der Waals surface area contributed by atoms with E-state index >= 15 is 0 Å². The number of rotatable bonds is 10. The van der Waals surface area contributed by atoms with Crippen LogP contribution < -0.4 is 25.3 Å². The average Bonchev–Trinajstić information content (AvgIpc) is 3.20. The van der Waals surface area contributed by atoms with Crippen LogP contribution in [0.4, 0.5) is 13.6 Å². The van der Waals surface area contributed by atoms with Gasteiger partial charge >= 0.3 is 6.03 Å². The number of ether oxygens (including phenoxy) is 3. The zero-order chi connectivity index (χ0) is 22.2. The van der Waals surface area contributed by atoms with Crippen LogP contribution in [0.2, 0.25) is 0 Å². The maximum atomic E-state index is 12.5. The number of carbonyl (C=O) groups excluding carboxylic acids is 1. The molecular weight excluding hydrogens is 412 g/mol. The van der Waals surface area contributed by atoms with E-state index in [1.165, 1.54) is 7.11 Å². The first-order valence-corrected chi connectivity index (χ1v) is 9.24. The van der Waals surface area contributed by atoms with Crippen molar-refractivity contribution in [1.82, 2.24) is 20.1 Å². The molecule has 0 aliphatic carbocycles. The second-order valence-corrected chi connectivity index (χ2v) is 6.20. The van der Waals surface area contributed by atoms with Gasteiger partial charge in [0.1, 0.15) is 12.4 Å². The average molecular weight is 433 g/mol. The highest BCUT2D eigenvalue weighted by molar-refractivity contribution is 5.71. The second-order valence-electron chi connectivity index (χ2n) is 6.20. The van der Waals surface area contributed by atoms with E-state index in [1.807, 2.05) is 0 Å². The van der Waals surface area contributed by atoms with Gasteiger partial charge in [-0.15, -0.1) is 5.10 Å². The molecule has 0 radical (unpaired) electrons. The van der Waals surface area contributed by atoms with E-state index < -0.39 is 19.1 Å². The van der Waals surface area contributed by atoms with E-state index in [4.69, 9.17) is 19.9 Å². The smallest absolute Gasteiger partial charge is 0.312 e. The highest BCUT2D eigenvalue weighted by atomic mass is 19.3. The predicted octanol–water partition coefficient (Wildman–Crippen LogP) is 2.63. The molecule has 164 valence electrons. The molecule has 0 atom stereocenters. The zero-order valence-corrected chi connectivity index (χ0v) is 16.6. The number of halogens is 2. The van der Waals surface area contributed by atoms with Crippen LogP contribution in [-0.2, 0) is 0 Å². The van der Waals surface area contributed by atoms with Crippen molar-refractivity contribution in [2.45, 2.75) is 6.43 Å². The summed E-state index contributed by atoms with van der Waals surface area (Å²) in [5.74, 6) is 1.07. The van der Waals surface area contributed by atoms with Gasteiger partial charge in [0, 0.05) is 17.7 Å². The van der Waals surface area contributed by atoms with E-state index in [-0.39, 0.29) is 19.0 Å². The highest BCUT2D eigenvalue weighted by Gasteiger charge is 2.15. The monoisotopic (exact) mass is 433 g/mol. The molecule has 2 aromatic heterocycles. The van der Waals surface area contributed by atoms with Gasteiger partial charge in [-0.1, -0.05) is 0 Å². The summed E-state index contributed by atoms with van der Waals surface area (Å²) in [7, 11) is 1.51. The molecule has 0 spiro atoms. The number of carbonyl (C=O) groups is 1. The van der Waals surface area contributed by atoms with Gasteiger partial charge in [-0.05, 0) is 30.3 Å². The Morgan fingerprint density at radius 3 is 2.55 bits per heavy atom. The fourth-order valence-electron chi connectivity index (χ4n) is 2.66. The molecule has 11 heteroatoms. The fourth-order valence-corrected chi connectivity index (χ4v) is 2.66. The van der Waals surface area contributed by atoms with Crippen molar-refractivity contribution >= 4 is 6.03 Å². The summed E-state index contributed by atoms with van der Waals surface area (Å²) >= 11 is 0. The maximum Gasteiger partial charge on any atom is 0.312 e. The van der Waals surface area contributed by atoms with Gasteiger partial charge < -0.3 is 25.3 Å². The largest absolute Gasteiger partial charge is 0.492 e. The number of nitrogens with two attached hydrogens (primary N) is 1. The SMILES string of the molecule is COc1ccc(-n2nc(OCC(F)F)cc2-c2ccc(OCCNC(N)=O)cc2)cn1. The lowest BCUT2D eigenvalue weighted by molar-refractivity contribution is 0.0794. The first-order chi connectivity index (χ1) is 15.0. The fraction of sp³-hybridized carbons (Fsp3) is 0.250. The number of nitrogens with one attached hydrogen (secondary N) is 1. The molecule has 1 aromatic carbocycles. The van der Waals surface area contributed by atoms with Crippen molar-refractivity contribution < 1.29 is 27.8 Å². The molecule has 0 aliphatic heterocycles. The molecule has 0 aliphatic rings. The Morgan fingerprint density at radius 2 is 1.94 bits per heavy atom. The van der Waals surface area contributed by atoms with Crippen molar-refractivity contribution in [2.24, 2.45) is 5.73 Å². The van der Waals surface area contributed by atoms with Gasteiger partial charge in [0.25, 0.3) is 6.43 Å². The molecule has 3 N–H and O–H groups in total. The van der Waals surface area contributed by atoms with E-state index in [2.05, 4.69) is 15.4 Å². The summed E-state index contributed by atoms with van der Waals surface area (Å²) in [5, 5.41) is 6.71. The molecule has 9 nitrogen and oxygen atoms in total. The molecule has 0 fully saturated rings. The Morgan fingerprint density at radius 1 is 1.16 bits per heavy atom. The molecule has 3 aromatic rings. The molecule has 3 rings (SSSR count). The highest BCUT2D eigenvalue weighted by Crippen LogP contribution is 2.29. The third kappa shape index (κ3) is 6.04. The van der Waals surface area contributed by atoms with Crippen molar-refractivity contribution in [1.29, 1.82) is 0 Å². The zero-order valence-electron chi connectivity index (χ0n) is 16.6. The number of primary amides is 1. The van der Waals surface area contributed by atoms with Gasteiger partial charge in [-0.25, -0.2) is 23.2 Å². The van der Waals surface area contributed by atoms with Crippen molar-refractivity contribution in [3.63, 3.8) is 0 Å². The number of pyridine rings is 1. The normalized spacial score (nSPS) is 10.7. The van der Waals surface area contributed by atoms with Crippen LogP contribution in [0.25, 0.3) is 16.9 Å². The van der Waals surface area contributed by atoms with Crippen LogP contribution in [0.1, 0.15) is 0 Å². The van der Waals surface area contributed by atoms with Crippen molar-refractivity contribution in [3.8, 4) is 34.5 Å². The van der Waals surface area contributed by atoms with Gasteiger partial charge in [0.2, 0.25) is 11.8 Å². The number of urea groups is 1. The van der Waals surface area contributed by atoms with Crippen molar-refractivity contribution in [3.05, 3.63) is 48.7 Å². The lowest BCUT2D eigenvalue weighted by Gasteiger charge is -2.09. The first kappa shape index (κ1) is 21.8. The number of aromatic nitrogens is 3. The standard InChI is InChI=1S/C20H21F2N5O4/c1-29-18-7-4-14(11-25-18)27-16(10-19(26-27)31-12-17(21)22)13-2-5-15(6-3-13)30-9-8-24-20(23)28/h2-7,10-11,17H,8-9,12H2,1H3,(H3,23,24,28). The lowest BCUT2D eigenvalue weighted by Crippen LogP contribution is -2.32. The Kier molecular flexibility index (Phi) is 7.20. The topological polar surface area (TPSA) is 114 Å². The molecular formula is C20H21F2N5O4. The van der Waals surface area contributed by atoms with E-state index in [9.17, 15) is 13.6 Å². The summed E-state index contributed by atoms with van der Waals surface area (Å²) in [6.07, 6.45) is -1.06. The third-order valence-electron chi connectivity index (χ3n) is 4.04. The van der Waals surface area contributed by atoms with Gasteiger partial charge in [0.15, 0.2) is 6.61 Å². The Labute approximate surface area is 176 Å². The number of alkyl halides is 2. The quantitative estimate of drug-likeness (QED) is 0.475. The number of amides is 2. The lowest BCUT2D eigenvalue weighted by atomic mass is 10.1. The summed E-state index contributed by atoms with van der Waals surface area (Å²) < 4.78 is 42.3. The molecule has 2 amide bonds. The molecule has 0 bridgehead atoms. The Bertz CT molecular complexity index is 994. The predicted molar refractivity (Wildman–Crippen MR) is 108 cm³/mol. The van der Waals surface area contributed by atoms with Crippen LogP contribution in [0.3, 0.4) is 0 Å². The van der Waals surface area contributed by atoms with Crippen LogP contribution >= 0.6 is 0 Å². The number of benzene rings is 1. The van der Waals surface area contributed by atoms with E-state index in [1.54, 1.807) is 53.3 Å². The number of hydrogen-bond donors (Lipinski definition) is 2. The van der Waals surface area contributed by atoms with E-state index in [0.29, 0.717) is 23.0 Å². The first-order valence-electron chi connectivity index (χ1n) is 9.24. The Hall–Kier alpha value is -3.89. The van der Waals surface area contributed by atoms with Gasteiger partial charge in [-0.2, -0.15) is 0 Å². The minimum absolute atomic E-state index is 0.0592. The summed E-state index contributed by atoms with van der Waals surface area (Å²) in [4.78, 5) is 14.8. The van der Waals surface area contributed by atoms with Crippen LogP contribution in [0.5, 0.6) is 17.5 Å². The summed E-state index contributed by atoms with van der Waals surface area (Å²) in [6, 6.07) is 11.4. The third-order valence-corrected chi connectivity index (χ3v) is 4.04. The maximum absolute atomic E-state index is 12.5. The van der Waals surface area contributed by atoms with Crippen LogP contribution in [0, 0.1) is 0 Å².